The van der Waals surface area contributed by atoms with Gasteiger partial charge in [-0.2, -0.15) is 0 Å². The van der Waals surface area contributed by atoms with Crippen molar-refractivity contribution in [3.8, 4) is 11.1 Å². The normalized spacial score (nSPS) is 24.5. The minimum Gasteiger partial charge on any atom is -0.450 e. The van der Waals surface area contributed by atoms with Crippen LogP contribution in [-0.2, 0) is 15.1 Å². The quantitative estimate of drug-likeness (QED) is 0.631. The fourth-order valence-electron chi connectivity index (χ4n) is 4.28. The molecule has 1 aliphatic heterocycles. The highest BCUT2D eigenvalue weighted by Gasteiger charge is 2.53. The highest BCUT2D eigenvalue weighted by Crippen LogP contribution is 2.49. The third-order valence-corrected chi connectivity index (χ3v) is 6.11. The SMILES string of the molecule is O=C1OC2(CCC(O)(C(=O)Nc3ncc(-c4ccccc4)cn3)CC2)c2cnccc21. The number of nitrogens with one attached hydrogen (secondary N) is 1. The second kappa shape index (κ2) is 7.24. The highest BCUT2D eigenvalue weighted by atomic mass is 16.6. The Morgan fingerprint density at radius 1 is 0.968 bits per heavy atom. The predicted molar refractivity (Wildman–Crippen MR) is 111 cm³/mol. The van der Waals surface area contributed by atoms with Gasteiger partial charge in [0.15, 0.2) is 0 Å². The van der Waals surface area contributed by atoms with Crippen molar-refractivity contribution in [3.63, 3.8) is 0 Å². The van der Waals surface area contributed by atoms with Crippen molar-refractivity contribution in [3.05, 3.63) is 72.3 Å². The van der Waals surface area contributed by atoms with E-state index in [9.17, 15) is 14.7 Å². The van der Waals surface area contributed by atoms with Gasteiger partial charge in [-0.15, -0.1) is 0 Å². The van der Waals surface area contributed by atoms with E-state index in [-0.39, 0.29) is 24.8 Å². The van der Waals surface area contributed by atoms with Gasteiger partial charge in [0.25, 0.3) is 5.91 Å². The van der Waals surface area contributed by atoms with Crippen LogP contribution in [0.25, 0.3) is 11.1 Å². The molecule has 1 saturated carbocycles. The Kier molecular flexibility index (Phi) is 4.51. The monoisotopic (exact) mass is 416 g/mol. The van der Waals surface area contributed by atoms with Crippen LogP contribution in [0.1, 0.15) is 41.6 Å². The molecule has 1 aromatic carbocycles. The van der Waals surface area contributed by atoms with Crippen molar-refractivity contribution in [2.24, 2.45) is 0 Å². The van der Waals surface area contributed by atoms with Gasteiger partial charge >= 0.3 is 5.97 Å². The zero-order chi connectivity index (χ0) is 21.5. The van der Waals surface area contributed by atoms with Crippen molar-refractivity contribution in [2.75, 3.05) is 5.32 Å². The number of esters is 1. The Hall–Kier alpha value is -3.65. The van der Waals surface area contributed by atoms with Gasteiger partial charge in [-0.25, -0.2) is 14.8 Å². The summed E-state index contributed by atoms with van der Waals surface area (Å²) in [4.78, 5) is 37.5. The molecule has 1 amide bonds. The molecule has 8 nitrogen and oxygen atoms in total. The summed E-state index contributed by atoms with van der Waals surface area (Å²) in [6, 6.07) is 11.3. The van der Waals surface area contributed by atoms with Crippen LogP contribution in [-0.4, -0.2) is 37.5 Å². The predicted octanol–water partition coefficient (Wildman–Crippen LogP) is 2.85. The van der Waals surface area contributed by atoms with Gasteiger partial charge in [-0.05, 0) is 37.3 Å². The molecule has 2 aromatic heterocycles. The number of pyridine rings is 1. The lowest BCUT2D eigenvalue weighted by atomic mass is 9.73. The molecule has 31 heavy (non-hydrogen) atoms. The Labute approximate surface area is 178 Å². The smallest absolute Gasteiger partial charge is 0.339 e. The number of benzene rings is 1. The molecule has 1 fully saturated rings. The van der Waals surface area contributed by atoms with E-state index in [0.29, 0.717) is 18.4 Å². The average Bonchev–Trinajstić information content (AvgIpc) is 3.09. The first-order valence-electron chi connectivity index (χ1n) is 10.1. The Morgan fingerprint density at radius 2 is 1.68 bits per heavy atom. The first-order valence-corrected chi connectivity index (χ1v) is 10.1. The number of carbonyl (C=O) groups is 2. The lowest BCUT2D eigenvalue weighted by molar-refractivity contribution is -0.144. The van der Waals surface area contributed by atoms with Crippen LogP contribution in [0, 0.1) is 0 Å². The van der Waals surface area contributed by atoms with Crippen molar-refractivity contribution in [1.82, 2.24) is 15.0 Å². The topological polar surface area (TPSA) is 114 Å². The molecule has 1 spiro atoms. The van der Waals surface area contributed by atoms with Crippen molar-refractivity contribution < 1.29 is 19.4 Å². The molecule has 2 aliphatic rings. The number of anilines is 1. The Balaban J connectivity index is 1.28. The summed E-state index contributed by atoms with van der Waals surface area (Å²) in [5.41, 5.74) is 0.592. The number of rotatable bonds is 3. The van der Waals surface area contributed by atoms with Crippen LogP contribution in [0.5, 0.6) is 0 Å². The summed E-state index contributed by atoms with van der Waals surface area (Å²) in [6.07, 6.45) is 7.37. The zero-order valence-electron chi connectivity index (χ0n) is 16.6. The van der Waals surface area contributed by atoms with Gasteiger partial charge in [-0.1, -0.05) is 30.3 Å². The number of carbonyl (C=O) groups excluding carboxylic acids is 2. The van der Waals surface area contributed by atoms with Gasteiger partial charge in [0, 0.05) is 35.9 Å². The molecule has 0 atom stereocenters. The molecule has 2 N–H and O–H groups in total. The molecule has 1 aliphatic carbocycles. The first kappa shape index (κ1) is 19.3. The zero-order valence-corrected chi connectivity index (χ0v) is 16.6. The minimum absolute atomic E-state index is 0.125. The minimum atomic E-state index is -1.59. The van der Waals surface area contributed by atoms with Gasteiger partial charge in [0.05, 0.1) is 5.56 Å². The average molecular weight is 416 g/mol. The number of aliphatic hydroxyl groups is 1. The number of nitrogens with zero attached hydrogens (tertiary/aromatic N) is 3. The molecule has 0 saturated heterocycles. The van der Waals surface area contributed by atoms with Crippen LogP contribution >= 0.6 is 0 Å². The molecule has 3 aromatic rings. The number of hydrogen-bond acceptors (Lipinski definition) is 7. The van der Waals surface area contributed by atoms with Crippen molar-refractivity contribution >= 4 is 17.8 Å². The molecule has 8 heteroatoms. The van der Waals surface area contributed by atoms with Crippen molar-refractivity contribution in [1.29, 1.82) is 0 Å². The lowest BCUT2D eigenvalue weighted by Gasteiger charge is -2.40. The summed E-state index contributed by atoms with van der Waals surface area (Å²) < 4.78 is 5.66. The fourth-order valence-corrected chi connectivity index (χ4v) is 4.28. The van der Waals surface area contributed by atoms with Gasteiger partial charge in [-0.3, -0.25) is 15.1 Å². The summed E-state index contributed by atoms with van der Waals surface area (Å²) in [6.45, 7) is 0. The van der Waals surface area contributed by atoms with E-state index < -0.39 is 17.1 Å². The van der Waals surface area contributed by atoms with Crippen molar-refractivity contribution in [2.45, 2.75) is 36.9 Å². The second-order valence-corrected chi connectivity index (χ2v) is 7.95. The standard InChI is InChI=1S/C23H20N4O4/c28-19-17-6-11-24-14-18(17)23(31-19)9-7-22(30,8-10-23)20(29)27-21-25-12-16(13-26-21)15-4-2-1-3-5-15/h1-6,11-14,30H,7-10H2,(H,25,26,27,29). The number of amides is 1. The van der Waals surface area contributed by atoms with Gasteiger partial charge in [0.2, 0.25) is 5.95 Å². The van der Waals surface area contributed by atoms with Crippen LogP contribution < -0.4 is 5.32 Å². The maximum absolute atomic E-state index is 12.8. The molecule has 0 unspecified atom stereocenters. The molecule has 0 bridgehead atoms. The molecule has 0 radical (unpaired) electrons. The van der Waals surface area contributed by atoms with E-state index in [1.807, 2.05) is 30.3 Å². The number of hydrogen-bond donors (Lipinski definition) is 2. The van der Waals surface area contributed by atoms with E-state index in [2.05, 4.69) is 20.3 Å². The summed E-state index contributed by atoms with van der Waals surface area (Å²) in [5, 5.41) is 13.6. The molecular weight excluding hydrogens is 396 g/mol. The largest absolute Gasteiger partial charge is 0.450 e. The number of aromatic nitrogens is 3. The number of fused-ring (bicyclic) bond motifs is 2. The summed E-state index contributed by atoms with van der Waals surface area (Å²) >= 11 is 0. The third-order valence-electron chi connectivity index (χ3n) is 6.11. The highest BCUT2D eigenvalue weighted by molar-refractivity contribution is 5.97. The lowest BCUT2D eigenvalue weighted by Crippen LogP contribution is -2.49. The second-order valence-electron chi connectivity index (χ2n) is 7.95. The maximum Gasteiger partial charge on any atom is 0.339 e. The molecule has 156 valence electrons. The van der Waals surface area contributed by atoms with E-state index in [4.69, 9.17) is 4.74 Å². The maximum atomic E-state index is 12.8. The first-order chi connectivity index (χ1) is 15.0. The summed E-state index contributed by atoms with van der Waals surface area (Å²) in [5.74, 6) is -0.829. The van der Waals surface area contributed by atoms with Crippen LogP contribution in [0.2, 0.25) is 0 Å². The van der Waals surface area contributed by atoms with Gasteiger partial charge < -0.3 is 9.84 Å². The Bertz CT molecular complexity index is 1140. The van der Waals surface area contributed by atoms with E-state index in [1.54, 1.807) is 30.9 Å². The fraction of sp³-hybridized carbons (Fsp3) is 0.261. The Morgan fingerprint density at radius 3 is 2.39 bits per heavy atom. The van der Waals surface area contributed by atoms with Crippen LogP contribution in [0.15, 0.2) is 61.2 Å². The molecule has 3 heterocycles. The van der Waals surface area contributed by atoms with Crippen LogP contribution in [0.4, 0.5) is 5.95 Å². The third kappa shape index (κ3) is 3.34. The number of ether oxygens (including phenoxy) is 1. The molecular formula is C23H20N4O4. The van der Waals surface area contributed by atoms with E-state index in [1.165, 1.54) is 0 Å². The van der Waals surface area contributed by atoms with Crippen LogP contribution in [0.3, 0.4) is 0 Å². The van der Waals surface area contributed by atoms with E-state index in [0.717, 1.165) is 16.7 Å². The van der Waals surface area contributed by atoms with Gasteiger partial charge in [0.1, 0.15) is 11.2 Å². The van der Waals surface area contributed by atoms with E-state index >= 15 is 0 Å². The molecule has 5 rings (SSSR count). The summed E-state index contributed by atoms with van der Waals surface area (Å²) in [7, 11) is 0.